The highest BCUT2D eigenvalue weighted by Crippen LogP contribution is 2.17. The van der Waals surface area contributed by atoms with Crippen LogP contribution in [0.1, 0.15) is 5.56 Å². The van der Waals surface area contributed by atoms with Gasteiger partial charge in [-0.05, 0) is 53.3 Å². The highest BCUT2D eigenvalue weighted by Gasteiger charge is 2.07. The lowest BCUT2D eigenvalue weighted by molar-refractivity contribution is 0.628. The second-order valence-electron chi connectivity index (χ2n) is 3.97. The fraction of sp³-hybridized carbons (Fsp3) is 0. The molecule has 2 heterocycles. The average molecular weight is 304 g/mol. The van der Waals surface area contributed by atoms with Gasteiger partial charge in [0.1, 0.15) is 5.82 Å². The third kappa shape index (κ3) is 2.59. The molecule has 100 valence electrons. The fourth-order valence-electron chi connectivity index (χ4n) is 1.66. The third-order valence-corrected chi connectivity index (χ3v) is 3.58. The molecule has 7 heteroatoms. The van der Waals surface area contributed by atoms with E-state index in [0.717, 1.165) is 11.1 Å². The Bertz CT molecular complexity index is 785. The van der Waals surface area contributed by atoms with Gasteiger partial charge in [0.05, 0.1) is 6.21 Å². The number of thiophene rings is 1. The van der Waals surface area contributed by atoms with Crippen LogP contribution >= 0.6 is 23.6 Å². The minimum Gasteiger partial charge on any atom is -0.250 e. The topological polar surface area (TPSA) is 46.0 Å². The molecule has 0 spiro atoms. The van der Waals surface area contributed by atoms with E-state index < -0.39 is 0 Å². The number of aromatic nitrogens is 3. The van der Waals surface area contributed by atoms with Gasteiger partial charge in [-0.3, -0.25) is 0 Å². The smallest absolute Gasteiger partial charge is 0.216 e. The summed E-state index contributed by atoms with van der Waals surface area (Å²) in [5.74, 6) is 0.248. The molecule has 0 unspecified atom stereocenters. The summed E-state index contributed by atoms with van der Waals surface area (Å²) < 4.78 is 14.9. The van der Waals surface area contributed by atoms with E-state index >= 15 is 0 Å². The lowest BCUT2D eigenvalue weighted by Crippen LogP contribution is -1.94. The predicted octanol–water partition coefficient (Wildman–Crippen LogP) is 3.69. The normalized spacial score (nSPS) is 11.2. The first-order chi connectivity index (χ1) is 9.74. The summed E-state index contributed by atoms with van der Waals surface area (Å²) >= 11 is 6.74. The molecule has 0 atom stereocenters. The van der Waals surface area contributed by atoms with Gasteiger partial charge in [-0.2, -0.15) is 26.2 Å². The molecule has 20 heavy (non-hydrogen) atoms. The quantitative estimate of drug-likeness (QED) is 0.592. The number of hydrogen-bond acceptors (Lipinski definition) is 4. The van der Waals surface area contributed by atoms with Gasteiger partial charge in [0.2, 0.25) is 4.77 Å². The molecule has 3 rings (SSSR count). The summed E-state index contributed by atoms with van der Waals surface area (Å²) in [6.45, 7) is 0. The molecule has 0 radical (unpaired) electrons. The van der Waals surface area contributed by atoms with Crippen LogP contribution in [0.3, 0.4) is 0 Å². The van der Waals surface area contributed by atoms with Crippen molar-refractivity contribution < 1.29 is 4.39 Å². The summed E-state index contributed by atoms with van der Waals surface area (Å²) in [7, 11) is 0. The van der Waals surface area contributed by atoms with Crippen molar-refractivity contribution >= 4 is 29.8 Å². The van der Waals surface area contributed by atoms with Crippen LogP contribution in [0.15, 0.2) is 46.2 Å². The molecule has 2 aromatic heterocycles. The maximum absolute atomic E-state index is 13.0. The van der Waals surface area contributed by atoms with Crippen molar-refractivity contribution in [3.8, 4) is 11.4 Å². The Morgan fingerprint density at radius 1 is 1.30 bits per heavy atom. The van der Waals surface area contributed by atoms with Crippen molar-refractivity contribution in [3.05, 3.63) is 57.2 Å². The van der Waals surface area contributed by atoms with Crippen molar-refractivity contribution in [3.63, 3.8) is 0 Å². The molecule has 4 nitrogen and oxygen atoms in total. The van der Waals surface area contributed by atoms with Gasteiger partial charge in [0.15, 0.2) is 5.82 Å². The zero-order valence-corrected chi connectivity index (χ0v) is 11.8. The summed E-state index contributed by atoms with van der Waals surface area (Å²) in [5, 5.41) is 15.1. The maximum Gasteiger partial charge on any atom is 0.216 e. The largest absolute Gasteiger partial charge is 0.250 e. The second-order valence-corrected chi connectivity index (χ2v) is 5.14. The van der Waals surface area contributed by atoms with E-state index in [1.165, 1.54) is 16.8 Å². The standard InChI is InChI=1S/C13H9FN4S2/c14-11-3-1-10(2-4-11)12-16-17-13(19)18(12)15-7-9-5-6-20-8-9/h1-8H,(H,17,19)/b15-7-. The summed E-state index contributed by atoms with van der Waals surface area (Å²) in [5.41, 5.74) is 1.73. The molecule has 0 bridgehead atoms. The molecule has 0 saturated carbocycles. The van der Waals surface area contributed by atoms with E-state index in [0.29, 0.717) is 10.6 Å². The number of rotatable bonds is 3. The van der Waals surface area contributed by atoms with E-state index in [1.54, 1.807) is 29.7 Å². The minimum absolute atomic E-state index is 0.295. The zero-order valence-electron chi connectivity index (χ0n) is 10.2. The van der Waals surface area contributed by atoms with Crippen LogP contribution in [0.25, 0.3) is 11.4 Å². The van der Waals surface area contributed by atoms with Crippen LogP contribution < -0.4 is 0 Å². The Labute approximate surface area is 123 Å². The van der Waals surface area contributed by atoms with Gasteiger partial charge >= 0.3 is 0 Å². The number of benzene rings is 1. The van der Waals surface area contributed by atoms with Gasteiger partial charge in [0, 0.05) is 11.1 Å². The molecule has 1 N–H and O–H groups in total. The monoisotopic (exact) mass is 304 g/mol. The van der Waals surface area contributed by atoms with Gasteiger partial charge < -0.3 is 0 Å². The van der Waals surface area contributed by atoms with Crippen LogP contribution in [0.2, 0.25) is 0 Å². The molecule has 0 aliphatic carbocycles. The molecular formula is C13H9FN4S2. The van der Waals surface area contributed by atoms with E-state index in [1.807, 2.05) is 16.8 Å². The lowest BCUT2D eigenvalue weighted by Gasteiger charge is -2.00. The Hall–Kier alpha value is -2.12. The number of H-pyrrole nitrogens is 1. The summed E-state index contributed by atoms with van der Waals surface area (Å²) in [6, 6.07) is 7.98. The third-order valence-electron chi connectivity index (χ3n) is 2.62. The zero-order chi connectivity index (χ0) is 13.9. The first kappa shape index (κ1) is 12.9. The van der Waals surface area contributed by atoms with Crippen molar-refractivity contribution in [1.29, 1.82) is 0 Å². The van der Waals surface area contributed by atoms with Gasteiger partial charge in [-0.15, -0.1) is 0 Å². The second kappa shape index (κ2) is 5.48. The predicted molar refractivity (Wildman–Crippen MR) is 80.1 cm³/mol. The van der Waals surface area contributed by atoms with Crippen LogP contribution in [0, 0.1) is 10.6 Å². The van der Waals surface area contributed by atoms with Crippen molar-refractivity contribution in [2.45, 2.75) is 0 Å². The molecule has 0 aliphatic heterocycles. The molecule has 0 amide bonds. The molecule has 1 aromatic carbocycles. The number of hydrogen-bond donors (Lipinski definition) is 1. The first-order valence-corrected chi connectivity index (χ1v) is 7.09. The van der Waals surface area contributed by atoms with Crippen LogP contribution in [0.5, 0.6) is 0 Å². The molecular weight excluding hydrogens is 295 g/mol. The number of nitrogens with zero attached hydrogens (tertiary/aromatic N) is 3. The highest BCUT2D eigenvalue weighted by molar-refractivity contribution is 7.71. The van der Waals surface area contributed by atoms with Crippen LogP contribution in [-0.2, 0) is 0 Å². The summed E-state index contributed by atoms with van der Waals surface area (Å²) in [4.78, 5) is 0. The molecule has 0 saturated heterocycles. The Morgan fingerprint density at radius 3 is 2.80 bits per heavy atom. The molecule has 0 aliphatic rings. The summed E-state index contributed by atoms with van der Waals surface area (Å²) in [6.07, 6.45) is 1.70. The number of nitrogens with one attached hydrogen (secondary N) is 1. The Balaban J connectivity index is 2.01. The van der Waals surface area contributed by atoms with E-state index in [2.05, 4.69) is 15.3 Å². The van der Waals surface area contributed by atoms with E-state index in [9.17, 15) is 4.39 Å². The molecule has 3 aromatic rings. The van der Waals surface area contributed by atoms with Crippen molar-refractivity contribution in [2.75, 3.05) is 0 Å². The van der Waals surface area contributed by atoms with E-state index in [4.69, 9.17) is 12.2 Å². The van der Waals surface area contributed by atoms with Gasteiger partial charge in [-0.1, -0.05) is 0 Å². The number of halogens is 1. The molecule has 0 fully saturated rings. The van der Waals surface area contributed by atoms with Crippen molar-refractivity contribution in [1.82, 2.24) is 14.9 Å². The van der Waals surface area contributed by atoms with Crippen molar-refractivity contribution in [2.24, 2.45) is 5.10 Å². The maximum atomic E-state index is 13.0. The first-order valence-electron chi connectivity index (χ1n) is 5.74. The van der Waals surface area contributed by atoms with Gasteiger partial charge in [0.25, 0.3) is 0 Å². The van der Waals surface area contributed by atoms with Gasteiger partial charge in [-0.25, -0.2) is 9.49 Å². The van der Waals surface area contributed by atoms with Crippen LogP contribution in [-0.4, -0.2) is 21.1 Å². The lowest BCUT2D eigenvalue weighted by atomic mass is 10.2. The Kier molecular flexibility index (Phi) is 3.53. The van der Waals surface area contributed by atoms with E-state index in [-0.39, 0.29) is 5.82 Å². The van der Waals surface area contributed by atoms with Crippen LogP contribution in [0.4, 0.5) is 4.39 Å². The Morgan fingerprint density at radius 2 is 2.10 bits per heavy atom. The highest BCUT2D eigenvalue weighted by atomic mass is 32.1. The average Bonchev–Trinajstić information content (AvgIpc) is 3.07. The fourth-order valence-corrected chi connectivity index (χ4v) is 2.45. The SMILES string of the molecule is Fc1ccc(-c2n[nH]c(=S)n2/N=C\c2ccsc2)cc1. The number of aromatic amines is 1. The minimum atomic E-state index is -0.295.